The molecule has 0 radical (unpaired) electrons. The normalized spacial score (nSPS) is 18.3. The molecule has 20 heavy (non-hydrogen) atoms. The van der Waals surface area contributed by atoms with E-state index in [1.165, 1.54) is 6.42 Å². The van der Waals surface area contributed by atoms with Gasteiger partial charge in [-0.2, -0.15) is 0 Å². The molecule has 4 heteroatoms. The quantitative estimate of drug-likeness (QED) is 0.804. The van der Waals surface area contributed by atoms with Gasteiger partial charge >= 0.3 is 5.97 Å². The number of carboxylic acid groups (broad SMARTS) is 1. The smallest absolute Gasteiger partial charge is 0.335 e. The lowest BCUT2D eigenvalue weighted by Crippen LogP contribution is -2.44. The highest BCUT2D eigenvalue weighted by Crippen LogP contribution is 2.38. The molecule has 1 aromatic rings. The molecule has 1 aliphatic rings. The molecular formula is C16H23NO3. The number of rotatable bonds is 7. The Morgan fingerprint density at radius 3 is 2.50 bits per heavy atom. The van der Waals surface area contributed by atoms with Gasteiger partial charge in [-0.05, 0) is 50.3 Å². The van der Waals surface area contributed by atoms with Crippen LogP contribution in [0.5, 0.6) is 0 Å². The van der Waals surface area contributed by atoms with E-state index in [-0.39, 0.29) is 5.60 Å². The highest BCUT2D eigenvalue weighted by atomic mass is 16.5. The molecule has 1 atom stereocenters. The summed E-state index contributed by atoms with van der Waals surface area (Å²) >= 11 is 0. The van der Waals surface area contributed by atoms with E-state index in [1.54, 1.807) is 19.2 Å². The molecule has 0 saturated heterocycles. The maximum absolute atomic E-state index is 10.8. The van der Waals surface area contributed by atoms with Crippen LogP contribution >= 0.6 is 0 Å². The topological polar surface area (TPSA) is 58.6 Å². The van der Waals surface area contributed by atoms with Gasteiger partial charge in [-0.3, -0.25) is 0 Å². The summed E-state index contributed by atoms with van der Waals surface area (Å²) in [6.07, 6.45) is 4.60. The van der Waals surface area contributed by atoms with E-state index in [9.17, 15) is 4.79 Å². The minimum atomic E-state index is -0.884. The Labute approximate surface area is 120 Å². The summed E-state index contributed by atoms with van der Waals surface area (Å²) in [7, 11) is 1.80. The van der Waals surface area contributed by atoms with Gasteiger partial charge in [0.25, 0.3) is 0 Å². The third-order valence-corrected chi connectivity index (χ3v) is 4.23. The monoisotopic (exact) mass is 277 g/mol. The third kappa shape index (κ3) is 3.58. The fourth-order valence-electron chi connectivity index (χ4n) is 2.75. The molecule has 2 N–H and O–H groups in total. The SMILES string of the molecule is COC1(CC(C)NCc2ccc(C(=O)O)cc2)CCC1. The van der Waals surface area contributed by atoms with Gasteiger partial charge in [0, 0.05) is 19.7 Å². The second-order valence-electron chi connectivity index (χ2n) is 5.73. The third-order valence-electron chi connectivity index (χ3n) is 4.23. The lowest BCUT2D eigenvalue weighted by molar-refractivity contribution is -0.0825. The molecule has 0 spiro atoms. The van der Waals surface area contributed by atoms with Crippen molar-refractivity contribution in [2.24, 2.45) is 0 Å². The highest BCUT2D eigenvalue weighted by molar-refractivity contribution is 5.87. The van der Waals surface area contributed by atoms with Gasteiger partial charge in [-0.1, -0.05) is 12.1 Å². The molecule has 1 aromatic carbocycles. The van der Waals surface area contributed by atoms with Gasteiger partial charge in [-0.15, -0.1) is 0 Å². The average Bonchev–Trinajstić information content (AvgIpc) is 2.41. The highest BCUT2D eigenvalue weighted by Gasteiger charge is 2.37. The molecule has 1 unspecified atom stereocenters. The Bertz CT molecular complexity index is 446. The van der Waals surface area contributed by atoms with Crippen LogP contribution in [0, 0.1) is 0 Å². The Kier molecular flexibility index (Phi) is 4.78. The summed E-state index contributed by atoms with van der Waals surface area (Å²) in [5.41, 5.74) is 1.51. The summed E-state index contributed by atoms with van der Waals surface area (Å²) in [6.45, 7) is 2.92. The predicted molar refractivity (Wildman–Crippen MR) is 77.9 cm³/mol. The first-order valence-electron chi connectivity index (χ1n) is 7.15. The van der Waals surface area contributed by atoms with Crippen molar-refractivity contribution in [1.29, 1.82) is 0 Å². The fraction of sp³-hybridized carbons (Fsp3) is 0.562. The van der Waals surface area contributed by atoms with Crippen molar-refractivity contribution in [2.45, 2.75) is 50.8 Å². The lowest BCUT2D eigenvalue weighted by atomic mass is 9.76. The Morgan fingerprint density at radius 1 is 1.40 bits per heavy atom. The van der Waals surface area contributed by atoms with Crippen LogP contribution in [0.4, 0.5) is 0 Å². The van der Waals surface area contributed by atoms with E-state index in [4.69, 9.17) is 9.84 Å². The van der Waals surface area contributed by atoms with Crippen LogP contribution in [-0.4, -0.2) is 29.8 Å². The number of carbonyl (C=O) groups is 1. The zero-order chi connectivity index (χ0) is 14.6. The summed E-state index contributed by atoms with van der Waals surface area (Å²) in [6, 6.07) is 7.39. The van der Waals surface area contributed by atoms with Crippen molar-refractivity contribution in [2.75, 3.05) is 7.11 Å². The summed E-state index contributed by atoms with van der Waals surface area (Å²) < 4.78 is 5.63. The van der Waals surface area contributed by atoms with Crippen molar-refractivity contribution in [3.05, 3.63) is 35.4 Å². The average molecular weight is 277 g/mol. The second-order valence-corrected chi connectivity index (χ2v) is 5.73. The molecule has 0 aromatic heterocycles. The minimum absolute atomic E-state index is 0.0829. The minimum Gasteiger partial charge on any atom is -0.478 e. The zero-order valence-corrected chi connectivity index (χ0v) is 12.2. The molecule has 1 aliphatic carbocycles. The summed E-state index contributed by atoms with van der Waals surface area (Å²) in [5, 5.41) is 12.3. The molecule has 2 rings (SSSR count). The zero-order valence-electron chi connectivity index (χ0n) is 12.2. The molecule has 1 fully saturated rings. The van der Waals surface area contributed by atoms with Gasteiger partial charge in [0.15, 0.2) is 0 Å². The van der Waals surface area contributed by atoms with Gasteiger partial charge in [-0.25, -0.2) is 4.79 Å². The van der Waals surface area contributed by atoms with Crippen LogP contribution < -0.4 is 5.32 Å². The van der Waals surface area contributed by atoms with Crippen molar-refractivity contribution in [1.82, 2.24) is 5.32 Å². The number of ether oxygens (including phenoxy) is 1. The maximum Gasteiger partial charge on any atom is 0.335 e. The summed E-state index contributed by atoms with van der Waals surface area (Å²) in [4.78, 5) is 10.8. The number of hydrogen-bond acceptors (Lipinski definition) is 3. The largest absolute Gasteiger partial charge is 0.478 e. The van der Waals surface area contributed by atoms with Crippen LogP contribution in [0.15, 0.2) is 24.3 Å². The number of methoxy groups -OCH3 is 1. The molecule has 0 bridgehead atoms. The number of aromatic carboxylic acids is 1. The van der Waals surface area contributed by atoms with Crippen LogP contribution in [-0.2, 0) is 11.3 Å². The molecule has 4 nitrogen and oxygen atoms in total. The van der Waals surface area contributed by atoms with E-state index in [1.807, 2.05) is 12.1 Å². The second kappa shape index (κ2) is 6.37. The van der Waals surface area contributed by atoms with Crippen LogP contribution in [0.1, 0.15) is 48.5 Å². The van der Waals surface area contributed by atoms with Crippen molar-refractivity contribution in [3.63, 3.8) is 0 Å². The van der Waals surface area contributed by atoms with E-state index >= 15 is 0 Å². The fourth-order valence-corrected chi connectivity index (χ4v) is 2.75. The molecule has 0 amide bonds. The number of nitrogens with one attached hydrogen (secondary N) is 1. The van der Waals surface area contributed by atoms with Crippen molar-refractivity contribution < 1.29 is 14.6 Å². The van der Waals surface area contributed by atoms with E-state index < -0.39 is 5.97 Å². The lowest BCUT2D eigenvalue weighted by Gasteiger charge is -2.42. The van der Waals surface area contributed by atoms with E-state index in [2.05, 4.69) is 12.2 Å². The van der Waals surface area contributed by atoms with Gasteiger partial charge < -0.3 is 15.2 Å². The van der Waals surface area contributed by atoms with E-state index in [0.29, 0.717) is 11.6 Å². The van der Waals surface area contributed by atoms with Crippen molar-refractivity contribution >= 4 is 5.97 Å². The Balaban J connectivity index is 1.80. The van der Waals surface area contributed by atoms with Gasteiger partial charge in [0.1, 0.15) is 0 Å². The van der Waals surface area contributed by atoms with E-state index in [0.717, 1.165) is 31.4 Å². The van der Waals surface area contributed by atoms with Gasteiger partial charge in [0.05, 0.1) is 11.2 Å². The van der Waals surface area contributed by atoms with Crippen LogP contribution in [0.2, 0.25) is 0 Å². The number of hydrogen-bond donors (Lipinski definition) is 2. The Hall–Kier alpha value is -1.39. The van der Waals surface area contributed by atoms with Crippen molar-refractivity contribution in [3.8, 4) is 0 Å². The first kappa shape index (κ1) is 15.0. The van der Waals surface area contributed by atoms with Crippen LogP contribution in [0.3, 0.4) is 0 Å². The van der Waals surface area contributed by atoms with Crippen LogP contribution in [0.25, 0.3) is 0 Å². The first-order chi connectivity index (χ1) is 9.54. The Morgan fingerprint density at radius 2 is 2.05 bits per heavy atom. The molecule has 110 valence electrons. The standard InChI is InChI=1S/C16H23NO3/c1-12(10-16(20-2)8-3-9-16)17-11-13-4-6-14(7-5-13)15(18)19/h4-7,12,17H,3,8-11H2,1-2H3,(H,18,19). The molecule has 1 saturated carbocycles. The number of carboxylic acids is 1. The first-order valence-corrected chi connectivity index (χ1v) is 7.15. The molecule has 0 aliphatic heterocycles. The van der Waals surface area contributed by atoms with Gasteiger partial charge in [0.2, 0.25) is 0 Å². The summed E-state index contributed by atoms with van der Waals surface area (Å²) in [5.74, 6) is -0.884. The predicted octanol–water partition coefficient (Wildman–Crippen LogP) is 2.82. The molecular weight excluding hydrogens is 254 g/mol. The number of benzene rings is 1. The molecule has 0 heterocycles. The maximum atomic E-state index is 10.8.